The zero-order valence-corrected chi connectivity index (χ0v) is 13.2. The largest absolute Gasteiger partial charge is 0.396 e. The average molecular weight is 306 g/mol. The number of carbonyl (C=O) groups is 1. The highest BCUT2D eigenvalue weighted by Gasteiger charge is 2.27. The van der Waals surface area contributed by atoms with Crippen molar-refractivity contribution in [2.24, 2.45) is 5.92 Å². The van der Waals surface area contributed by atoms with Crippen LogP contribution < -0.4 is 10.6 Å². The van der Waals surface area contributed by atoms with Crippen molar-refractivity contribution in [3.8, 4) is 0 Å². The molecule has 2 unspecified atom stereocenters. The van der Waals surface area contributed by atoms with Crippen molar-refractivity contribution in [2.75, 3.05) is 26.2 Å². The lowest BCUT2D eigenvalue weighted by Gasteiger charge is -2.37. The lowest BCUT2D eigenvalue weighted by molar-refractivity contribution is 0.141. The molecule has 1 aromatic rings. The maximum absolute atomic E-state index is 11.8. The van der Waals surface area contributed by atoms with Crippen LogP contribution in [0.15, 0.2) is 24.4 Å². The molecule has 0 bridgehead atoms. The predicted molar refractivity (Wildman–Crippen MR) is 85.3 cm³/mol. The molecule has 2 amide bonds. The zero-order valence-electron chi connectivity index (χ0n) is 13.2. The molecule has 1 aliphatic rings. The molecule has 0 saturated carbocycles. The molecule has 1 aliphatic heterocycles. The molecule has 2 atom stereocenters. The van der Waals surface area contributed by atoms with Crippen LogP contribution in [0.3, 0.4) is 0 Å². The van der Waals surface area contributed by atoms with Crippen molar-refractivity contribution < 1.29 is 9.90 Å². The number of pyridine rings is 1. The summed E-state index contributed by atoms with van der Waals surface area (Å²) in [5.74, 6) is 0.404. The molecule has 2 heterocycles. The number of hydrogen-bond donors (Lipinski definition) is 3. The highest BCUT2D eigenvalue weighted by Crippen LogP contribution is 2.18. The summed E-state index contributed by atoms with van der Waals surface area (Å²) in [4.78, 5) is 18.5. The highest BCUT2D eigenvalue weighted by atomic mass is 16.3. The van der Waals surface area contributed by atoms with Gasteiger partial charge in [-0.3, -0.25) is 9.88 Å². The minimum Gasteiger partial charge on any atom is -0.396 e. The van der Waals surface area contributed by atoms with Crippen molar-refractivity contribution in [1.82, 2.24) is 20.5 Å². The minimum absolute atomic E-state index is 0.0998. The van der Waals surface area contributed by atoms with E-state index in [0.29, 0.717) is 18.9 Å². The Labute approximate surface area is 131 Å². The van der Waals surface area contributed by atoms with E-state index in [0.717, 1.165) is 31.7 Å². The topological polar surface area (TPSA) is 77.5 Å². The second kappa shape index (κ2) is 8.70. The molecule has 0 radical (unpaired) electrons. The van der Waals surface area contributed by atoms with Gasteiger partial charge in [0.15, 0.2) is 0 Å². The van der Waals surface area contributed by atoms with Crippen LogP contribution in [0.2, 0.25) is 0 Å². The highest BCUT2D eigenvalue weighted by molar-refractivity contribution is 5.74. The lowest BCUT2D eigenvalue weighted by Crippen LogP contribution is -2.52. The Morgan fingerprint density at radius 2 is 2.36 bits per heavy atom. The van der Waals surface area contributed by atoms with Gasteiger partial charge in [0.05, 0.1) is 5.69 Å². The Morgan fingerprint density at radius 3 is 3.05 bits per heavy atom. The summed E-state index contributed by atoms with van der Waals surface area (Å²) in [6.07, 6.45) is 3.36. The van der Waals surface area contributed by atoms with Crippen LogP contribution in [-0.2, 0) is 6.54 Å². The van der Waals surface area contributed by atoms with E-state index in [1.807, 2.05) is 24.4 Å². The van der Waals surface area contributed by atoms with Crippen molar-refractivity contribution >= 4 is 6.03 Å². The van der Waals surface area contributed by atoms with Crippen LogP contribution in [0, 0.1) is 5.92 Å². The Hall–Kier alpha value is -1.66. The summed E-state index contributed by atoms with van der Waals surface area (Å²) in [5, 5.41) is 14.5. The second-order valence-corrected chi connectivity index (χ2v) is 5.91. The van der Waals surface area contributed by atoms with E-state index >= 15 is 0 Å². The molecule has 6 nitrogen and oxygen atoms in total. The number of aliphatic hydroxyl groups is 1. The first kappa shape index (κ1) is 16.7. The standard InChI is InChI=1S/C16H26N4O2/c1-13-11-20(12-14-5-2-3-7-17-14)9-6-15(13)19-16(22)18-8-4-10-21/h2-3,5,7,13,15,21H,4,6,8-12H2,1H3,(H2,18,19,22). The van der Waals surface area contributed by atoms with Crippen LogP contribution >= 0.6 is 0 Å². The van der Waals surface area contributed by atoms with Gasteiger partial charge in [-0.15, -0.1) is 0 Å². The Bertz CT molecular complexity index is 455. The SMILES string of the molecule is CC1CN(Cc2ccccn2)CCC1NC(=O)NCCCO. The summed E-state index contributed by atoms with van der Waals surface area (Å²) in [7, 11) is 0. The van der Waals surface area contributed by atoms with Gasteiger partial charge in [-0.05, 0) is 30.9 Å². The molecule has 1 saturated heterocycles. The Kier molecular flexibility index (Phi) is 6.61. The van der Waals surface area contributed by atoms with Crippen molar-refractivity contribution in [1.29, 1.82) is 0 Å². The average Bonchev–Trinajstić information content (AvgIpc) is 2.51. The molecule has 122 valence electrons. The first-order valence-electron chi connectivity index (χ1n) is 7.96. The maximum atomic E-state index is 11.8. The van der Waals surface area contributed by atoms with Gasteiger partial charge in [0, 0.05) is 45.0 Å². The minimum atomic E-state index is -0.136. The summed E-state index contributed by atoms with van der Waals surface area (Å²) >= 11 is 0. The fourth-order valence-corrected chi connectivity index (χ4v) is 2.81. The summed E-state index contributed by atoms with van der Waals surface area (Å²) in [6.45, 7) is 5.56. The molecule has 0 aromatic carbocycles. The number of piperidine rings is 1. The molecule has 2 rings (SSSR count). The molecule has 3 N–H and O–H groups in total. The number of rotatable bonds is 6. The molecule has 1 fully saturated rings. The van der Waals surface area contributed by atoms with Crippen molar-refractivity contribution in [3.05, 3.63) is 30.1 Å². The van der Waals surface area contributed by atoms with Crippen molar-refractivity contribution in [3.63, 3.8) is 0 Å². The van der Waals surface area contributed by atoms with E-state index < -0.39 is 0 Å². The number of carbonyl (C=O) groups excluding carboxylic acids is 1. The van der Waals surface area contributed by atoms with Crippen molar-refractivity contribution in [2.45, 2.75) is 32.4 Å². The van der Waals surface area contributed by atoms with E-state index in [9.17, 15) is 4.79 Å². The van der Waals surface area contributed by atoms with Crippen LogP contribution in [0.25, 0.3) is 0 Å². The molecule has 1 aromatic heterocycles. The van der Waals surface area contributed by atoms with Crippen LogP contribution in [0.4, 0.5) is 4.79 Å². The number of amides is 2. The number of hydrogen-bond acceptors (Lipinski definition) is 4. The number of aliphatic hydroxyl groups excluding tert-OH is 1. The van der Waals surface area contributed by atoms with Crippen LogP contribution in [-0.4, -0.2) is 53.3 Å². The van der Waals surface area contributed by atoms with Gasteiger partial charge in [0.1, 0.15) is 0 Å². The number of urea groups is 1. The summed E-state index contributed by atoms with van der Waals surface area (Å²) < 4.78 is 0. The number of nitrogens with zero attached hydrogens (tertiary/aromatic N) is 2. The fraction of sp³-hybridized carbons (Fsp3) is 0.625. The lowest BCUT2D eigenvalue weighted by atomic mass is 9.94. The van der Waals surface area contributed by atoms with Crippen LogP contribution in [0.5, 0.6) is 0 Å². The summed E-state index contributed by atoms with van der Waals surface area (Å²) in [5.41, 5.74) is 1.09. The van der Waals surface area contributed by atoms with E-state index in [2.05, 4.69) is 27.4 Å². The third-order valence-corrected chi connectivity index (χ3v) is 4.04. The van der Waals surface area contributed by atoms with Gasteiger partial charge in [-0.2, -0.15) is 0 Å². The number of nitrogens with one attached hydrogen (secondary N) is 2. The molecular weight excluding hydrogens is 280 g/mol. The molecule has 0 aliphatic carbocycles. The molecular formula is C16H26N4O2. The van der Waals surface area contributed by atoms with Gasteiger partial charge in [-0.1, -0.05) is 13.0 Å². The molecule has 0 spiro atoms. The normalized spacial score (nSPS) is 22.3. The first-order valence-corrected chi connectivity index (χ1v) is 7.96. The van der Waals surface area contributed by atoms with Gasteiger partial charge in [0.2, 0.25) is 0 Å². The number of aromatic nitrogens is 1. The fourth-order valence-electron chi connectivity index (χ4n) is 2.81. The first-order chi connectivity index (χ1) is 10.7. The van der Waals surface area contributed by atoms with E-state index in [-0.39, 0.29) is 18.7 Å². The van der Waals surface area contributed by atoms with Gasteiger partial charge in [-0.25, -0.2) is 4.79 Å². The Balaban J connectivity index is 1.74. The van der Waals surface area contributed by atoms with E-state index in [4.69, 9.17) is 5.11 Å². The third kappa shape index (κ3) is 5.27. The number of likely N-dealkylation sites (tertiary alicyclic amines) is 1. The molecule has 22 heavy (non-hydrogen) atoms. The maximum Gasteiger partial charge on any atom is 0.315 e. The van der Waals surface area contributed by atoms with E-state index in [1.165, 1.54) is 0 Å². The van der Waals surface area contributed by atoms with E-state index in [1.54, 1.807) is 0 Å². The molecule has 6 heteroatoms. The third-order valence-electron chi connectivity index (χ3n) is 4.04. The second-order valence-electron chi connectivity index (χ2n) is 5.91. The smallest absolute Gasteiger partial charge is 0.315 e. The van der Waals surface area contributed by atoms with Gasteiger partial charge in [0.25, 0.3) is 0 Å². The Morgan fingerprint density at radius 1 is 1.50 bits per heavy atom. The predicted octanol–water partition coefficient (Wildman–Crippen LogP) is 0.974. The zero-order chi connectivity index (χ0) is 15.8. The quantitative estimate of drug-likeness (QED) is 0.685. The monoisotopic (exact) mass is 306 g/mol. The van der Waals surface area contributed by atoms with Gasteiger partial charge < -0.3 is 15.7 Å². The van der Waals surface area contributed by atoms with Crippen LogP contribution in [0.1, 0.15) is 25.5 Å². The summed E-state index contributed by atoms with van der Waals surface area (Å²) in [6, 6.07) is 6.05. The van der Waals surface area contributed by atoms with Gasteiger partial charge >= 0.3 is 6.03 Å².